The molecule has 10 rings (SSSR count). The molecule has 0 saturated carbocycles. The molecule has 10 aromatic rings. The van der Waals surface area contributed by atoms with Crippen LogP contribution >= 0.6 is 0 Å². The Morgan fingerprint density at radius 2 is 0.852 bits per heavy atom. The lowest BCUT2D eigenvalue weighted by molar-refractivity contribution is 1.07. The van der Waals surface area contributed by atoms with Crippen molar-refractivity contribution in [2.45, 2.75) is 0 Å². The summed E-state index contributed by atoms with van der Waals surface area (Å²) in [6.45, 7) is 0. The van der Waals surface area contributed by atoms with E-state index in [0.29, 0.717) is 17.5 Å². The molecule has 0 saturated heterocycles. The van der Waals surface area contributed by atoms with Crippen molar-refractivity contribution in [3.05, 3.63) is 182 Å². The highest BCUT2D eigenvalue weighted by Gasteiger charge is 2.16. The number of hydrogen-bond donors (Lipinski definition) is 0. The topological polar surface area (TPSA) is 77.3 Å². The van der Waals surface area contributed by atoms with Crippen LogP contribution in [0.15, 0.2) is 182 Å². The Kier molecular flexibility index (Phi) is 7.69. The maximum atomic E-state index is 5.23. The van der Waals surface area contributed by atoms with Crippen LogP contribution in [0.2, 0.25) is 0 Å². The second-order valence-electron chi connectivity index (χ2n) is 13.2. The Balaban J connectivity index is 1.15. The van der Waals surface area contributed by atoms with Crippen molar-refractivity contribution < 1.29 is 0 Å². The van der Waals surface area contributed by atoms with Gasteiger partial charge in [-0.15, -0.1) is 0 Å². The van der Waals surface area contributed by atoms with E-state index < -0.39 is 0 Å². The molecule has 0 unspecified atom stereocenters. The maximum Gasteiger partial charge on any atom is 0.164 e. The van der Waals surface area contributed by atoms with Gasteiger partial charge in [-0.2, -0.15) is 0 Å². The zero-order valence-electron chi connectivity index (χ0n) is 29.0. The van der Waals surface area contributed by atoms with Crippen molar-refractivity contribution in [3.8, 4) is 67.7 Å². The summed E-state index contributed by atoms with van der Waals surface area (Å²) in [6, 6.07) is 58.0. The standard InChI is InChI=1S/C48H30N6/c1-3-10-35(11-4-1)46-52-47(36-12-5-2-6-13-36)54-48(53-46)40-28-38(31-17-19-32(20-18-31)41-26-37-14-7-8-16-42(37)50-30-41)27-39(29-40)43-24-23-34-22-21-33-15-9-25-49-44(33)45(34)51-43/h1-30H. The van der Waals surface area contributed by atoms with E-state index in [2.05, 4.69) is 84.9 Å². The molecule has 0 bridgehead atoms. The van der Waals surface area contributed by atoms with Gasteiger partial charge in [-0.1, -0.05) is 127 Å². The predicted octanol–water partition coefficient (Wildman–Crippen LogP) is 11.5. The second-order valence-corrected chi connectivity index (χ2v) is 13.2. The lowest BCUT2D eigenvalue weighted by Gasteiger charge is -2.13. The van der Waals surface area contributed by atoms with Crippen molar-refractivity contribution in [3.63, 3.8) is 0 Å². The zero-order chi connectivity index (χ0) is 35.8. The van der Waals surface area contributed by atoms with Gasteiger partial charge in [0.15, 0.2) is 17.5 Å². The van der Waals surface area contributed by atoms with Crippen molar-refractivity contribution in [2.75, 3.05) is 0 Å². The Morgan fingerprint density at radius 3 is 1.57 bits per heavy atom. The van der Waals surface area contributed by atoms with E-state index in [1.807, 2.05) is 97.3 Å². The fraction of sp³-hybridized carbons (Fsp3) is 0. The third-order valence-electron chi connectivity index (χ3n) is 9.76. The number of para-hydroxylation sites is 1. The van der Waals surface area contributed by atoms with Gasteiger partial charge in [0, 0.05) is 56.4 Å². The molecular weight excluding hydrogens is 661 g/mol. The zero-order valence-corrected chi connectivity index (χ0v) is 29.0. The fourth-order valence-corrected chi connectivity index (χ4v) is 6.98. The molecule has 4 heterocycles. The van der Waals surface area contributed by atoms with Crippen molar-refractivity contribution in [1.29, 1.82) is 0 Å². The van der Waals surface area contributed by atoms with Gasteiger partial charge >= 0.3 is 0 Å². The third kappa shape index (κ3) is 5.91. The van der Waals surface area contributed by atoms with Crippen molar-refractivity contribution in [1.82, 2.24) is 29.9 Å². The molecule has 6 heteroatoms. The summed E-state index contributed by atoms with van der Waals surface area (Å²) in [4.78, 5) is 29.7. The molecule has 4 aromatic heterocycles. The summed E-state index contributed by atoms with van der Waals surface area (Å²) in [5, 5.41) is 3.21. The highest BCUT2D eigenvalue weighted by Crippen LogP contribution is 2.35. The Labute approximate surface area is 311 Å². The van der Waals surface area contributed by atoms with Crippen molar-refractivity contribution >= 4 is 32.7 Å². The van der Waals surface area contributed by atoms with Gasteiger partial charge in [0.1, 0.15) is 0 Å². The largest absolute Gasteiger partial charge is 0.256 e. The van der Waals surface area contributed by atoms with Crippen LogP contribution in [0, 0.1) is 0 Å². The van der Waals surface area contributed by atoms with E-state index in [9.17, 15) is 0 Å². The first-order valence-corrected chi connectivity index (χ1v) is 17.8. The van der Waals surface area contributed by atoms with Gasteiger partial charge < -0.3 is 0 Å². The monoisotopic (exact) mass is 690 g/mol. The van der Waals surface area contributed by atoms with Crippen LogP contribution in [0.25, 0.3) is 100 Å². The average Bonchev–Trinajstić information content (AvgIpc) is 3.26. The normalized spacial score (nSPS) is 11.3. The van der Waals surface area contributed by atoms with Crippen LogP contribution in [-0.4, -0.2) is 29.9 Å². The molecule has 0 spiro atoms. The first-order chi connectivity index (χ1) is 26.7. The first kappa shape index (κ1) is 31.3. The lowest BCUT2D eigenvalue weighted by Crippen LogP contribution is -2.00. The number of aromatic nitrogens is 6. The molecule has 0 amide bonds. The van der Waals surface area contributed by atoms with Crippen LogP contribution < -0.4 is 0 Å². The quantitative estimate of drug-likeness (QED) is 0.162. The number of benzene rings is 6. The summed E-state index contributed by atoms with van der Waals surface area (Å²) >= 11 is 0. The van der Waals surface area contributed by atoms with Gasteiger partial charge in [0.2, 0.25) is 0 Å². The number of nitrogens with zero attached hydrogens (tertiary/aromatic N) is 6. The van der Waals surface area contributed by atoms with Crippen molar-refractivity contribution in [2.24, 2.45) is 0 Å². The molecule has 0 N–H and O–H groups in total. The average molecular weight is 691 g/mol. The summed E-state index contributed by atoms with van der Waals surface area (Å²) in [7, 11) is 0. The van der Waals surface area contributed by atoms with E-state index in [1.165, 1.54) is 0 Å². The van der Waals surface area contributed by atoms with E-state index in [0.717, 1.165) is 82.9 Å². The van der Waals surface area contributed by atoms with E-state index in [1.54, 1.807) is 0 Å². The molecule has 54 heavy (non-hydrogen) atoms. The molecule has 0 radical (unpaired) electrons. The molecule has 0 aliphatic carbocycles. The highest BCUT2D eigenvalue weighted by molar-refractivity contribution is 6.03. The fourth-order valence-electron chi connectivity index (χ4n) is 6.98. The molecule has 252 valence electrons. The molecule has 0 aliphatic rings. The Morgan fingerprint density at radius 1 is 0.296 bits per heavy atom. The number of rotatable bonds is 6. The Hall–Kier alpha value is -7.44. The van der Waals surface area contributed by atoms with Gasteiger partial charge in [0.25, 0.3) is 0 Å². The van der Waals surface area contributed by atoms with Crippen LogP contribution in [-0.2, 0) is 0 Å². The summed E-state index contributed by atoms with van der Waals surface area (Å²) in [5.74, 6) is 1.81. The van der Waals surface area contributed by atoms with E-state index in [4.69, 9.17) is 29.9 Å². The van der Waals surface area contributed by atoms with Gasteiger partial charge in [-0.3, -0.25) is 9.97 Å². The third-order valence-corrected chi connectivity index (χ3v) is 9.76. The van der Waals surface area contributed by atoms with E-state index in [-0.39, 0.29) is 0 Å². The van der Waals surface area contributed by atoms with Crippen LogP contribution in [0.4, 0.5) is 0 Å². The molecular formula is C48H30N6. The summed E-state index contributed by atoms with van der Waals surface area (Å²) < 4.78 is 0. The number of fused-ring (bicyclic) bond motifs is 4. The van der Waals surface area contributed by atoms with Crippen LogP contribution in [0.1, 0.15) is 0 Å². The van der Waals surface area contributed by atoms with E-state index >= 15 is 0 Å². The summed E-state index contributed by atoms with van der Waals surface area (Å²) in [5.41, 5.74) is 11.5. The molecule has 0 fully saturated rings. The molecule has 0 aliphatic heterocycles. The van der Waals surface area contributed by atoms with Crippen LogP contribution in [0.5, 0.6) is 0 Å². The lowest BCUT2D eigenvalue weighted by atomic mass is 9.95. The predicted molar refractivity (Wildman–Crippen MR) is 218 cm³/mol. The smallest absolute Gasteiger partial charge is 0.164 e. The summed E-state index contributed by atoms with van der Waals surface area (Å²) in [6.07, 6.45) is 3.76. The molecule has 0 atom stereocenters. The highest BCUT2D eigenvalue weighted by atomic mass is 15.0. The SMILES string of the molecule is c1ccc(-c2nc(-c3ccccc3)nc(-c3cc(-c4ccc(-c5cnc6ccccc6c5)cc4)cc(-c4ccc5ccc6cccnc6c5n4)c3)n2)cc1. The minimum absolute atomic E-state index is 0.581. The minimum atomic E-state index is 0.581. The van der Waals surface area contributed by atoms with Gasteiger partial charge in [-0.25, -0.2) is 19.9 Å². The van der Waals surface area contributed by atoms with Crippen LogP contribution in [0.3, 0.4) is 0 Å². The maximum absolute atomic E-state index is 5.23. The van der Waals surface area contributed by atoms with Gasteiger partial charge in [0.05, 0.1) is 22.2 Å². The first-order valence-electron chi connectivity index (χ1n) is 17.8. The molecule has 6 nitrogen and oxygen atoms in total. The van der Waals surface area contributed by atoms with Gasteiger partial charge in [-0.05, 0) is 59.2 Å². The minimum Gasteiger partial charge on any atom is -0.256 e. The molecule has 6 aromatic carbocycles. The number of hydrogen-bond acceptors (Lipinski definition) is 6. The second kappa shape index (κ2) is 13.3. The number of pyridine rings is 3. The Bertz CT molecular complexity index is 2920.